The van der Waals surface area contributed by atoms with Gasteiger partial charge in [0.05, 0.1) is 11.9 Å². The largest absolute Gasteiger partial charge is 0.350 e. The van der Waals surface area contributed by atoms with E-state index in [9.17, 15) is 9.59 Å². The molecule has 1 fully saturated rings. The average molecular weight is 332 g/mol. The molecule has 2 rings (SSSR count). The number of carbonyl (C=O) groups excluding carboxylic acids is 2. The number of amides is 3. The molecule has 0 aromatic rings. The molecule has 3 amide bonds. The first-order valence-corrected chi connectivity index (χ1v) is 7.58. The molecule has 1 aliphatic carbocycles. The SMILES string of the molecule is CC1=CC(Cl)CC(Cl)=C1CNC(=O)C1CN(C)C(=O)N1C. The Morgan fingerprint density at radius 3 is 2.67 bits per heavy atom. The minimum absolute atomic E-state index is 0.0933. The van der Waals surface area contributed by atoms with Crippen LogP contribution in [0, 0.1) is 0 Å². The Hall–Kier alpha value is -1.20. The summed E-state index contributed by atoms with van der Waals surface area (Å²) in [6.07, 6.45) is 2.52. The van der Waals surface area contributed by atoms with E-state index in [1.807, 2.05) is 13.0 Å². The van der Waals surface area contributed by atoms with Crippen LogP contribution >= 0.6 is 23.2 Å². The number of halogens is 2. The third-order valence-corrected chi connectivity index (χ3v) is 4.56. The van der Waals surface area contributed by atoms with Crippen molar-refractivity contribution >= 4 is 35.1 Å². The monoisotopic (exact) mass is 331 g/mol. The van der Waals surface area contributed by atoms with Crippen LogP contribution in [0.2, 0.25) is 0 Å². The number of alkyl halides is 1. The van der Waals surface area contributed by atoms with Crippen molar-refractivity contribution < 1.29 is 9.59 Å². The lowest BCUT2D eigenvalue weighted by Crippen LogP contribution is -2.44. The Labute approximate surface area is 134 Å². The minimum Gasteiger partial charge on any atom is -0.350 e. The summed E-state index contributed by atoms with van der Waals surface area (Å²) < 4.78 is 0. The Balaban J connectivity index is 1.98. The van der Waals surface area contributed by atoms with E-state index in [0.29, 0.717) is 24.5 Å². The molecule has 2 atom stereocenters. The maximum Gasteiger partial charge on any atom is 0.320 e. The summed E-state index contributed by atoms with van der Waals surface area (Å²) in [7, 11) is 3.31. The molecular weight excluding hydrogens is 313 g/mol. The number of hydrogen-bond acceptors (Lipinski definition) is 2. The number of urea groups is 1. The first kappa shape index (κ1) is 16.2. The fourth-order valence-corrected chi connectivity index (χ4v) is 3.39. The second-order valence-corrected chi connectivity index (χ2v) is 6.48. The molecular formula is C14H19Cl2N3O2. The van der Waals surface area contributed by atoms with E-state index < -0.39 is 6.04 Å². The highest BCUT2D eigenvalue weighted by molar-refractivity contribution is 6.32. The molecule has 1 saturated heterocycles. The topological polar surface area (TPSA) is 52.7 Å². The summed E-state index contributed by atoms with van der Waals surface area (Å²) in [6.45, 7) is 2.68. The molecule has 0 saturated carbocycles. The van der Waals surface area contributed by atoms with Gasteiger partial charge in [-0.2, -0.15) is 0 Å². The van der Waals surface area contributed by atoms with Crippen LogP contribution in [0.15, 0.2) is 22.3 Å². The molecule has 1 aliphatic heterocycles. The number of nitrogens with zero attached hydrogens (tertiary/aromatic N) is 2. The number of rotatable bonds is 3. The Morgan fingerprint density at radius 1 is 1.48 bits per heavy atom. The molecule has 5 nitrogen and oxygen atoms in total. The summed E-state index contributed by atoms with van der Waals surface area (Å²) in [5.74, 6) is -0.173. The lowest BCUT2D eigenvalue weighted by molar-refractivity contribution is -0.124. The van der Waals surface area contributed by atoms with E-state index in [4.69, 9.17) is 23.2 Å². The van der Waals surface area contributed by atoms with Gasteiger partial charge in [0.1, 0.15) is 6.04 Å². The molecule has 0 bridgehead atoms. The van der Waals surface area contributed by atoms with Gasteiger partial charge < -0.3 is 15.1 Å². The Morgan fingerprint density at radius 2 is 2.14 bits per heavy atom. The quantitative estimate of drug-likeness (QED) is 0.803. The summed E-state index contributed by atoms with van der Waals surface area (Å²) in [6, 6.07) is -0.610. The molecule has 0 aromatic heterocycles. The number of hydrogen-bond donors (Lipinski definition) is 1. The predicted molar refractivity (Wildman–Crippen MR) is 83.5 cm³/mol. The zero-order valence-corrected chi connectivity index (χ0v) is 13.8. The normalized spacial score (nSPS) is 26.3. The van der Waals surface area contributed by atoms with Gasteiger partial charge in [-0.3, -0.25) is 4.79 Å². The number of likely N-dealkylation sites (N-methyl/N-ethyl adjacent to an activating group) is 2. The van der Waals surface area contributed by atoms with E-state index in [1.54, 1.807) is 14.1 Å². The zero-order valence-electron chi connectivity index (χ0n) is 12.3. The molecule has 0 aromatic carbocycles. The highest BCUT2D eigenvalue weighted by Gasteiger charge is 2.37. The van der Waals surface area contributed by atoms with Crippen molar-refractivity contribution in [3.05, 3.63) is 22.3 Å². The molecule has 21 heavy (non-hydrogen) atoms. The van der Waals surface area contributed by atoms with Crippen LogP contribution in [0.1, 0.15) is 13.3 Å². The molecule has 2 unspecified atom stereocenters. The van der Waals surface area contributed by atoms with Crippen molar-refractivity contribution in [3.8, 4) is 0 Å². The highest BCUT2D eigenvalue weighted by atomic mass is 35.5. The van der Waals surface area contributed by atoms with Crippen LogP contribution in [0.5, 0.6) is 0 Å². The van der Waals surface area contributed by atoms with Crippen molar-refractivity contribution in [2.75, 3.05) is 27.2 Å². The van der Waals surface area contributed by atoms with Crippen LogP contribution < -0.4 is 5.32 Å². The second-order valence-electron chi connectivity index (χ2n) is 5.46. The van der Waals surface area contributed by atoms with Crippen molar-refractivity contribution in [1.82, 2.24) is 15.1 Å². The Bertz CT molecular complexity index is 530. The van der Waals surface area contributed by atoms with Crippen molar-refractivity contribution in [1.29, 1.82) is 0 Å². The van der Waals surface area contributed by atoms with Gasteiger partial charge in [-0.05, 0) is 18.1 Å². The van der Waals surface area contributed by atoms with E-state index in [-0.39, 0.29) is 17.3 Å². The zero-order chi connectivity index (χ0) is 15.7. The highest BCUT2D eigenvalue weighted by Crippen LogP contribution is 2.30. The summed E-state index contributed by atoms with van der Waals surface area (Å²) >= 11 is 12.3. The van der Waals surface area contributed by atoms with Gasteiger partial charge in [0.2, 0.25) is 5.91 Å². The van der Waals surface area contributed by atoms with Gasteiger partial charge in [0, 0.05) is 32.1 Å². The molecule has 2 aliphatic rings. The van der Waals surface area contributed by atoms with E-state index >= 15 is 0 Å². The molecule has 116 valence electrons. The molecule has 0 spiro atoms. The van der Waals surface area contributed by atoms with Crippen LogP contribution in [0.3, 0.4) is 0 Å². The van der Waals surface area contributed by atoms with Gasteiger partial charge in [-0.25, -0.2) is 4.79 Å². The van der Waals surface area contributed by atoms with Gasteiger partial charge in [0.15, 0.2) is 0 Å². The molecule has 0 radical (unpaired) electrons. The summed E-state index contributed by atoms with van der Waals surface area (Å²) in [5.41, 5.74) is 1.89. The van der Waals surface area contributed by atoms with Crippen LogP contribution in [-0.2, 0) is 4.79 Å². The summed E-state index contributed by atoms with van der Waals surface area (Å²) in [5, 5.41) is 3.45. The smallest absolute Gasteiger partial charge is 0.320 e. The van der Waals surface area contributed by atoms with Gasteiger partial charge in [0.25, 0.3) is 0 Å². The van der Waals surface area contributed by atoms with Crippen molar-refractivity contribution in [2.45, 2.75) is 24.8 Å². The van der Waals surface area contributed by atoms with E-state index in [0.717, 1.165) is 11.1 Å². The fourth-order valence-electron chi connectivity index (χ4n) is 2.59. The Kier molecular flexibility index (Phi) is 4.84. The number of allylic oxidation sites excluding steroid dienone is 2. The third kappa shape index (κ3) is 3.35. The first-order chi connectivity index (χ1) is 9.81. The third-order valence-electron chi connectivity index (χ3n) is 3.89. The molecule has 7 heteroatoms. The standard InChI is InChI=1S/C14H19Cl2N3O2/c1-8-4-9(15)5-11(16)10(8)6-17-13(20)12-7-18(2)14(21)19(12)3/h4,9,12H,5-7H2,1-3H3,(H,17,20). The average Bonchev–Trinajstić information content (AvgIpc) is 2.65. The number of carbonyl (C=O) groups is 2. The first-order valence-electron chi connectivity index (χ1n) is 6.77. The maximum atomic E-state index is 12.2. The van der Waals surface area contributed by atoms with E-state index in [1.165, 1.54) is 9.80 Å². The molecule has 1 N–H and O–H groups in total. The molecule has 1 heterocycles. The van der Waals surface area contributed by atoms with Gasteiger partial charge in [-0.1, -0.05) is 17.7 Å². The van der Waals surface area contributed by atoms with Crippen molar-refractivity contribution in [2.24, 2.45) is 0 Å². The fraction of sp³-hybridized carbons (Fsp3) is 0.571. The maximum absolute atomic E-state index is 12.2. The summed E-state index contributed by atoms with van der Waals surface area (Å²) in [4.78, 5) is 26.9. The van der Waals surface area contributed by atoms with Gasteiger partial charge >= 0.3 is 6.03 Å². The minimum atomic E-state index is -0.462. The van der Waals surface area contributed by atoms with Crippen LogP contribution in [0.25, 0.3) is 0 Å². The second kappa shape index (κ2) is 6.28. The predicted octanol–water partition coefficient (Wildman–Crippen LogP) is 1.92. The van der Waals surface area contributed by atoms with Gasteiger partial charge in [-0.15, -0.1) is 11.6 Å². The van der Waals surface area contributed by atoms with Crippen LogP contribution in [0.4, 0.5) is 4.79 Å². The van der Waals surface area contributed by atoms with E-state index in [2.05, 4.69) is 5.32 Å². The van der Waals surface area contributed by atoms with Crippen LogP contribution in [-0.4, -0.2) is 60.3 Å². The lowest BCUT2D eigenvalue weighted by Gasteiger charge is -2.21. The number of nitrogens with one attached hydrogen (secondary N) is 1. The van der Waals surface area contributed by atoms with Crippen molar-refractivity contribution in [3.63, 3.8) is 0 Å². The lowest BCUT2D eigenvalue weighted by atomic mass is 9.98.